The molecule has 0 aliphatic rings. The van der Waals surface area contributed by atoms with Crippen LogP contribution >= 0.6 is 0 Å². The highest BCUT2D eigenvalue weighted by molar-refractivity contribution is 6.05. The number of allylic oxidation sites excluding steroid dienone is 1. The number of H-pyrrole nitrogens is 1. The first-order chi connectivity index (χ1) is 11.4. The van der Waals surface area contributed by atoms with Crippen molar-refractivity contribution in [1.29, 1.82) is 5.26 Å². The van der Waals surface area contributed by atoms with Gasteiger partial charge in [0.05, 0.1) is 12.7 Å². The van der Waals surface area contributed by atoms with E-state index in [1.807, 2.05) is 0 Å². The van der Waals surface area contributed by atoms with Crippen LogP contribution in [0.4, 0.5) is 18.9 Å². The van der Waals surface area contributed by atoms with E-state index >= 15 is 0 Å². The fraction of sp³-hybridized carbons (Fsp3) is 0.154. The Balaban J connectivity index is 2.40. The fourth-order valence-corrected chi connectivity index (χ4v) is 1.69. The van der Waals surface area contributed by atoms with Crippen LogP contribution in [-0.4, -0.2) is 39.7 Å². The van der Waals surface area contributed by atoms with Gasteiger partial charge in [-0.2, -0.15) is 23.6 Å². The lowest BCUT2D eigenvalue weighted by molar-refractivity contribution is -0.0884. The summed E-state index contributed by atoms with van der Waals surface area (Å²) in [6, 6.07) is 5.30. The highest BCUT2D eigenvalue weighted by Gasteiger charge is 2.40. The van der Waals surface area contributed by atoms with Gasteiger partial charge in [-0.05, 0) is 23.4 Å². The van der Waals surface area contributed by atoms with Crippen molar-refractivity contribution in [3.63, 3.8) is 0 Å². The monoisotopic (exact) mass is 338 g/mol. The lowest BCUT2D eigenvalue weighted by Crippen LogP contribution is -2.23. The number of nitrogens with one attached hydrogen (secondary N) is 2. The van der Waals surface area contributed by atoms with E-state index < -0.39 is 17.5 Å². The van der Waals surface area contributed by atoms with Crippen molar-refractivity contribution in [2.75, 3.05) is 12.4 Å². The van der Waals surface area contributed by atoms with Crippen LogP contribution in [0, 0.1) is 11.3 Å². The third kappa shape index (κ3) is 3.67. The highest BCUT2D eigenvalue weighted by atomic mass is 19.4. The van der Waals surface area contributed by atoms with Gasteiger partial charge in [0.2, 0.25) is 5.82 Å². The average Bonchev–Trinajstić information content (AvgIpc) is 3.08. The Kier molecular flexibility index (Phi) is 4.78. The van der Waals surface area contributed by atoms with Crippen molar-refractivity contribution in [2.24, 2.45) is 0 Å². The predicted octanol–water partition coefficient (Wildman–Crippen LogP) is 1.93. The van der Waals surface area contributed by atoms with Gasteiger partial charge in [-0.25, -0.2) is 0 Å². The molecule has 0 aliphatic heterocycles. The average molecular weight is 338 g/mol. The van der Waals surface area contributed by atoms with Crippen molar-refractivity contribution < 1.29 is 22.7 Å². The minimum Gasteiger partial charge on any atom is -0.497 e. The number of aromatic nitrogens is 4. The number of nitriles is 1. The van der Waals surface area contributed by atoms with Crippen LogP contribution in [0.25, 0.3) is 5.57 Å². The molecular formula is C13H9F3N6O2. The van der Waals surface area contributed by atoms with Gasteiger partial charge in [-0.15, -0.1) is 10.2 Å². The van der Waals surface area contributed by atoms with E-state index in [4.69, 9.17) is 10.00 Å². The smallest absolute Gasteiger partial charge is 0.454 e. The zero-order valence-corrected chi connectivity index (χ0v) is 12.0. The minimum atomic E-state index is -5.06. The van der Waals surface area contributed by atoms with E-state index in [1.165, 1.54) is 19.2 Å². The first-order valence-corrected chi connectivity index (χ1v) is 6.27. The summed E-state index contributed by atoms with van der Waals surface area (Å²) >= 11 is 0. The Bertz CT molecular complexity index is 808. The number of nitrogens with zero attached hydrogens (tertiary/aromatic N) is 4. The van der Waals surface area contributed by atoms with Gasteiger partial charge < -0.3 is 10.1 Å². The van der Waals surface area contributed by atoms with Crippen molar-refractivity contribution >= 4 is 17.0 Å². The summed E-state index contributed by atoms with van der Waals surface area (Å²) in [6.45, 7) is 0. The predicted molar refractivity (Wildman–Crippen MR) is 74.8 cm³/mol. The number of hydrogen-bond acceptors (Lipinski definition) is 7. The number of alkyl halides is 3. The molecule has 124 valence electrons. The van der Waals surface area contributed by atoms with E-state index in [-0.39, 0.29) is 22.8 Å². The van der Waals surface area contributed by atoms with E-state index in [0.29, 0.717) is 0 Å². The zero-order chi connectivity index (χ0) is 17.7. The number of hydrogen-bond donors (Lipinski definition) is 2. The molecule has 2 rings (SSSR count). The summed E-state index contributed by atoms with van der Waals surface area (Å²) in [6.07, 6.45) is -3.99. The largest absolute Gasteiger partial charge is 0.497 e. The Hall–Kier alpha value is -3.42. The standard InChI is InChI=1S/C13H9F3N6O2/c1-24-8-2-3-10(9(4-8)11(23)13(14,15)16)18-6-7(5-17)12-19-21-22-20-12/h2-4,6,18H,1H3,(H,19,20,21,22). The molecule has 0 amide bonds. The van der Waals surface area contributed by atoms with Gasteiger partial charge in [0.25, 0.3) is 5.78 Å². The van der Waals surface area contributed by atoms with Crippen molar-refractivity contribution in [3.05, 3.63) is 35.8 Å². The quantitative estimate of drug-likeness (QED) is 0.632. The molecule has 0 saturated heterocycles. The highest BCUT2D eigenvalue weighted by Crippen LogP contribution is 2.29. The third-order valence-corrected chi connectivity index (χ3v) is 2.81. The first kappa shape index (κ1) is 16.9. The van der Waals surface area contributed by atoms with Crippen molar-refractivity contribution in [2.45, 2.75) is 6.18 Å². The molecule has 1 aromatic carbocycles. The van der Waals surface area contributed by atoms with Crippen LogP contribution in [0.15, 0.2) is 24.4 Å². The number of anilines is 1. The maximum atomic E-state index is 12.7. The van der Waals surface area contributed by atoms with E-state index in [1.54, 1.807) is 6.07 Å². The number of rotatable bonds is 5. The number of tetrazole rings is 1. The maximum Gasteiger partial charge on any atom is 0.454 e. The van der Waals surface area contributed by atoms with E-state index in [0.717, 1.165) is 12.3 Å². The van der Waals surface area contributed by atoms with E-state index in [9.17, 15) is 18.0 Å². The Morgan fingerprint density at radius 1 is 1.46 bits per heavy atom. The number of methoxy groups -OCH3 is 1. The zero-order valence-electron chi connectivity index (χ0n) is 12.0. The normalized spacial score (nSPS) is 11.7. The van der Waals surface area contributed by atoms with Crippen LogP contribution in [0.5, 0.6) is 5.75 Å². The van der Waals surface area contributed by atoms with Gasteiger partial charge in [0, 0.05) is 11.9 Å². The molecule has 1 heterocycles. The summed E-state index contributed by atoms with van der Waals surface area (Å²) in [5.41, 5.74) is -0.900. The van der Waals surface area contributed by atoms with Gasteiger partial charge in [-0.1, -0.05) is 0 Å². The van der Waals surface area contributed by atoms with Gasteiger partial charge in [-0.3, -0.25) is 4.79 Å². The molecule has 24 heavy (non-hydrogen) atoms. The van der Waals surface area contributed by atoms with Crippen molar-refractivity contribution in [3.8, 4) is 11.8 Å². The number of halogens is 3. The molecular weight excluding hydrogens is 329 g/mol. The first-order valence-electron chi connectivity index (χ1n) is 6.27. The summed E-state index contributed by atoms with van der Waals surface area (Å²) in [4.78, 5) is 11.6. The van der Waals surface area contributed by atoms with Gasteiger partial charge in [0.15, 0.2) is 0 Å². The number of Topliss-reactive ketones (excluding diaryl/α,β-unsaturated/α-hetero) is 1. The minimum absolute atomic E-state index is 0.0535. The second kappa shape index (κ2) is 6.78. The third-order valence-electron chi connectivity index (χ3n) is 2.81. The molecule has 1 aromatic heterocycles. The molecule has 0 unspecified atom stereocenters. The summed E-state index contributed by atoms with van der Waals surface area (Å²) in [5.74, 6) is -2.02. The number of aromatic amines is 1. The molecule has 11 heteroatoms. The van der Waals surface area contributed by atoms with Crippen LogP contribution < -0.4 is 10.1 Å². The van der Waals surface area contributed by atoms with Crippen LogP contribution in [0.3, 0.4) is 0 Å². The topological polar surface area (TPSA) is 117 Å². The molecule has 0 bridgehead atoms. The lowest BCUT2D eigenvalue weighted by Gasteiger charge is -2.12. The molecule has 0 spiro atoms. The second-order valence-corrected chi connectivity index (χ2v) is 4.29. The molecule has 0 saturated carbocycles. The summed E-state index contributed by atoms with van der Waals surface area (Å²) < 4.78 is 43.0. The maximum absolute atomic E-state index is 12.7. The second-order valence-electron chi connectivity index (χ2n) is 4.29. The van der Waals surface area contributed by atoms with Gasteiger partial charge in [0.1, 0.15) is 17.4 Å². The lowest BCUT2D eigenvalue weighted by atomic mass is 10.1. The van der Waals surface area contributed by atoms with Crippen molar-refractivity contribution in [1.82, 2.24) is 20.6 Å². The molecule has 0 aliphatic carbocycles. The number of benzene rings is 1. The fourth-order valence-electron chi connectivity index (χ4n) is 1.69. The molecule has 0 fully saturated rings. The number of carbonyl (C=O) groups is 1. The number of ether oxygens (including phenoxy) is 1. The number of ketones is 1. The molecule has 0 atom stereocenters. The Morgan fingerprint density at radius 3 is 2.75 bits per heavy atom. The Labute approximate surface area is 132 Å². The molecule has 8 nitrogen and oxygen atoms in total. The summed E-state index contributed by atoms with van der Waals surface area (Å²) in [7, 11) is 1.26. The molecule has 2 aromatic rings. The molecule has 2 N–H and O–H groups in total. The molecule has 0 radical (unpaired) electrons. The van der Waals surface area contributed by atoms with Crippen LogP contribution in [-0.2, 0) is 0 Å². The number of carbonyl (C=O) groups excluding carboxylic acids is 1. The van der Waals surface area contributed by atoms with Crippen LogP contribution in [0.2, 0.25) is 0 Å². The Morgan fingerprint density at radius 2 is 2.21 bits per heavy atom. The summed E-state index contributed by atoms with van der Waals surface area (Å²) in [5, 5.41) is 24.1. The SMILES string of the molecule is COc1ccc(NC=C(C#N)c2nn[nH]n2)c(C(=O)C(F)(F)F)c1. The van der Waals surface area contributed by atoms with E-state index in [2.05, 4.69) is 25.9 Å². The van der Waals surface area contributed by atoms with Gasteiger partial charge >= 0.3 is 6.18 Å². The van der Waals surface area contributed by atoms with Crippen LogP contribution in [0.1, 0.15) is 16.2 Å².